The van der Waals surface area contributed by atoms with Crippen LogP contribution in [0.5, 0.6) is 0 Å². The SMILES string of the molecule is CNC(Cc1cccnc1)c1ccc(Br)cc1Br. The molecule has 0 spiro atoms. The van der Waals surface area contributed by atoms with E-state index in [-0.39, 0.29) is 6.04 Å². The number of hydrogen-bond acceptors (Lipinski definition) is 2. The topological polar surface area (TPSA) is 24.9 Å². The van der Waals surface area contributed by atoms with Crippen LogP contribution in [0.25, 0.3) is 0 Å². The van der Waals surface area contributed by atoms with Crippen molar-refractivity contribution >= 4 is 31.9 Å². The number of aromatic nitrogens is 1. The second kappa shape index (κ2) is 6.45. The molecule has 0 radical (unpaired) electrons. The van der Waals surface area contributed by atoms with Gasteiger partial charge in [0.1, 0.15) is 0 Å². The fourth-order valence-corrected chi connectivity index (χ4v) is 3.23. The summed E-state index contributed by atoms with van der Waals surface area (Å²) in [6.45, 7) is 0. The third-order valence-electron chi connectivity index (χ3n) is 2.85. The highest BCUT2D eigenvalue weighted by atomic mass is 79.9. The molecule has 2 aromatic rings. The summed E-state index contributed by atoms with van der Waals surface area (Å²) in [7, 11) is 1.98. The molecule has 1 N–H and O–H groups in total. The van der Waals surface area contributed by atoms with Crippen molar-refractivity contribution in [3.63, 3.8) is 0 Å². The van der Waals surface area contributed by atoms with Gasteiger partial charge in [0.05, 0.1) is 0 Å². The summed E-state index contributed by atoms with van der Waals surface area (Å²) >= 11 is 7.09. The molecule has 0 aliphatic rings. The summed E-state index contributed by atoms with van der Waals surface area (Å²) in [5.41, 5.74) is 2.48. The van der Waals surface area contributed by atoms with Crippen molar-refractivity contribution in [1.82, 2.24) is 10.3 Å². The smallest absolute Gasteiger partial charge is 0.0370 e. The molecule has 1 aromatic carbocycles. The van der Waals surface area contributed by atoms with Gasteiger partial charge in [0.15, 0.2) is 0 Å². The Kier molecular flexibility index (Phi) is 4.92. The van der Waals surface area contributed by atoms with E-state index in [1.54, 1.807) is 6.20 Å². The molecule has 0 bridgehead atoms. The molecule has 1 heterocycles. The Morgan fingerprint density at radius 2 is 2.11 bits per heavy atom. The predicted molar refractivity (Wildman–Crippen MR) is 81.6 cm³/mol. The molecular formula is C14H14Br2N2. The van der Waals surface area contributed by atoms with Crippen LogP contribution in [-0.2, 0) is 6.42 Å². The van der Waals surface area contributed by atoms with Gasteiger partial charge in [-0.3, -0.25) is 4.98 Å². The first-order valence-electron chi connectivity index (χ1n) is 5.72. The Hall–Kier alpha value is -0.710. The van der Waals surface area contributed by atoms with E-state index >= 15 is 0 Å². The molecule has 1 atom stereocenters. The van der Waals surface area contributed by atoms with E-state index in [1.807, 2.05) is 19.3 Å². The number of benzene rings is 1. The summed E-state index contributed by atoms with van der Waals surface area (Å²) in [4.78, 5) is 4.16. The summed E-state index contributed by atoms with van der Waals surface area (Å²) in [5, 5.41) is 3.35. The second-order valence-corrected chi connectivity index (χ2v) is 5.84. The Bertz CT molecular complexity index is 514. The Morgan fingerprint density at radius 3 is 2.72 bits per heavy atom. The molecule has 0 amide bonds. The predicted octanol–water partition coefficient (Wildman–Crippen LogP) is 4.11. The standard InChI is InChI=1S/C14H14Br2N2/c1-17-14(7-10-3-2-6-18-9-10)12-5-4-11(15)8-13(12)16/h2-6,8-9,14,17H,7H2,1H3. The van der Waals surface area contributed by atoms with E-state index in [9.17, 15) is 0 Å². The molecule has 18 heavy (non-hydrogen) atoms. The van der Waals surface area contributed by atoms with Crippen molar-refractivity contribution < 1.29 is 0 Å². The fraction of sp³-hybridized carbons (Fsp3) is 0.214. The first kappa shape index (κ1) is 13.7. The van der Waals surface area contributed by atoms with Crippen molar-refractivity contribution in [1.29, 1.82) is 0 Å². The molecule has 2 nitrogen and oxygen atoms in total. The minimum Gasteiger partial charge on any atom is -0.313 e. The molecule has 0 saturated heterocycles. The van der Waals surface area contributed by atoms with Crippen LogP contribution >= 0.6 is 31.9 Å². The van der Waals surface area contributed by atoms with Gasteiger partial charge in [-0.05, 0) is 42.8 Å². The van der Waals surface area contributed by atoms with Crippen molar-refractivity contribution in [2.75, 3.05) is 7.05 Å². The van der Waals surface area contributed by atoms with Crippen LogP contribution in [0.1, 0.15) is 17.2 Å². The van der Waals surface area contributed by atoms with Gasteiger partial charge in [-0.2, -0.15) is 0 Å². The van der Waals surface area contributed by atoms with Gasteiger partial charge in [-0.15, -0.1) is 0 Å². The lowest BCUT2D eigenvalue weighted by molar-refractivity contribution is 0.588. The van der Waals surface area contributed by atoms with E-state index in [0.717, 1.165) is 15.4 Å². The monoisotopic (exact) mass is 368 g/mol. The lowest BCUT2D eigenvalue weighted by Gasteiger charge is -2.18. The van der Waals surface area contributed by atoms with Crippen molar-refractivity contribution in [3.8, 4) is 0 Å². The summed E-state index contributed by atoms with van der Waals surface area (Å²) < 4.78 is 2.19. The number of nitrogens with one attached hydrogen (secondary N) is 1. The van der Waals surface area contributed by atoms with Crippen molar-refractivity contribution in [2.24, 2.45) is 0 Å². The maximum Gasteiger partial charge on any atom is 0.0370 e. The maximum absolute atomic E-state index is 4.16. The third kappa shape index (κ3) is 3.40. The lowest BCUT2D eigenvalue weighted by atomic mass is 10.0. The third-order valence-corrected chi connectivity index (χ3v) is 4.03. The van der Waals surface area contributed by atoms with Crippen molar-refractivity contribution in [2.45, 2.75) is 12.5 Å². The van der Waals surface area contributed by atoms with Gasteiger partial charge in [-0.1, -0.05) is 44.0 Å². The van der Waals surface area contributed by atoms with E-state index in [4.69, 9.17) is 0 Å². The van der Waals surface area contributed by atoms with Crippen LogP contribution in [0.15, 0.2) is 51.7 Å². The zero-order valence-electron chi connectivity index (χ0n) is 10.0. The first-order chi connectivity index (χ1) is 8.70. The highest BCUT2D eigenvalue weighted by Gasteiger charge is 2.13. The van der Waals surface area contributed by atoms with Crippen LogP contribution in [0, 0.1) is 0 Å². The van der Waals surface area contributed by atoms with E-state index in [1.165, 1.54) is 11.1 Å². The second-order valence-electron chi connectivity index (χ2n) is 4.07. The molecular weight excluding hydrogens is 356 g/mol. The van der Waals surface area contributed by atoms with Gasteiger partial charge in [0, 0.05) is 27.4 Å². The molecule has 1 unspecified atom stereocenters. The lowest BCUT2D eigenvalue weighted by Crippen LogP contribution is -2.19. The van der Waals surface area contributed by atoms with Gasteiger partial charge >= 0.3 is 0 Å². The van der Waals surface area contributed by atoms with Gasteiger partial charge < -0.3 is 5.32 Å². The first-order valence-corrected chi connectivity index (χ1v) is 7.30. The quantitative estimate of drug-likeness (QED) is 0.877. The highest BCUT2D eigenvalue weighted by Crippen LogP contribution is 2.28. The zero-order chi connectivity index (χ0) is 13.0. The molecule has 1 aromatic heterocycles. The molecule has 0 aliphatic heterocycles. The van der Waals surface area contributed by atoms with Gasteiger partial charge in [-0.25, -0.2) is 0 Å². The Morgan fingerprint density at radius 1 is 1.28 bits per heavy atom. The Labute approximate surface area is 124 Å². The molecule has 94 valence electrons. The minimum atomic E-state index is 0.275. The number of hydrogen-bond donors (Lipinski definition) is 1. The Balaban J connectivity index is 2.23. The molecule has 4 heteroatoms. The molecule has 0 aliphatic carbocycles. The van der Waals surface area contributed by atoms with Crippen LogP contribution in [0.2, 0.25) is 0 Å². The number of nitrogens with zero attached hydrogens (tertiary/aromatic N) is 1. The van der Waals surface area contributed by atoms with E-state index < -0.39 is 0 Å². The average molecular weight is 370 g/mol. The summed E-state index contributed by atoms with van der Waals surface area (Å²) in [6.07, 6.45) is 4.63. The number of rotatable bonds is 4. The zero-order valence-corrected chi connectivity index (χ0v) is 13.2. The number of pyridine rings is 1. The van der Waals surface area contributed by atoms with Gasteiger partial charge in [0.2, 0.25) is 0 Å². The average Bonchev–Trinajstić information content (AvgIpc) is 2.38. The van der Waals surface area contributed by atoms with Crippen LogP contribution < -0.4 is 5.32 Å². The molecule has 2 rings (SSSR count). The van der Waals surface area contributed by atoms with Crippen molar-refractivity contribution in [3.05, 3.63) is 62.8 Å². The fourth-order valence-electron chi connectivity index (χ4n) is 1.91. The molecule has 0 saturated carbocycles. The number of halogens is 2. The van der Waals surface area contributed by atoms with Gasteiger partial charge in [0.25, 0.3) is 0 Å². The van der Waals surface area contributed by atoms with Crippen LogP contribution in [0.3, 0.4) is 0 Å². The van der Waals surface area contributed by atoms with E-state index in [0.29, 0.717) is 0 Å². The van der Waals surface area contributed by atoms with Crippen LogP contribution in [-0.4, -0.2) is 12.0 Å². The summed E-state index contributed by atoms with van der Waals surface area (Å²) in [6, 6.07) is 10.6. The molecule has 0 fully saturated rings. The van der Waals surface area contributed by atoms with Crippen LogP contribution in [0.4, 0.5) is 0 Å². The normalized spacial score (nSPS) is 12.4. The minimum absolute atomic E-state index is 0.275. The maximum atomic E-state index is 4.16. The summed E-state index contributed by atoms with van der Waals surface area (Å²) in [5.74, 6) is 0. The largest absolute Gasteiger partial charge is 0.313 e. The highest BCUT2D eigenvalue weighted by molar-refractivity contribution is 9.11. The number of likely N-dealkylation sites (N-methyl/N-ethyl adjacent to an activating group) is 1. The van der Waals surface area contributed by atoms with E-state index in [2.05, 4.69) is 66.4 Å².